The van der Waals surface area contributed by atoms with Crippen LogP contribution >= 0.6 is 11.6 Å². The van der Waals surface area contributed by atoms with E-state index < -0.39 is 17.0 Å². The lowest BCUT2D eigenvalue weighted by Gasteiger charge is -2.12. The molecule has 1 unspecified atom stereocenters. The fourth-order valence-electron chi connectivity index (χ4n) is 2.03. The molecule has 0 amide bonds. The van der Waals surface area contributed by atoms with Gasteiger partial charge in [-0.3, -0.25) is 0 Å². The van der Waals surface area contributed by atoms with E-state index in [9.17, 15) is 8.78 Å². The highest BCUT2D eigenvalue weighted by molar-refractivity contribution is 6.22. The molecule has 2 aromatic rings. The number of alkyl halides is 1. The molecule has 2 rings (SSSR count). The molecule has 0 nitrogen and oxygen atoms in total. The zero-order valence-corrected chi connectivity index (χ0v) is 11.4. The lowest BCUT2D eigenvalue weighted by Crippen LogP contribution is -1.98. The molecule has 0 aliphatic rings. The molecule has 3 heteroatoms. The summed E-state index contributed by atoms with van der Waals surface area (Å²) in [6.07, 6.45) is 2.09. The van der Waals surface area contributed by atoms with Crippen LogP contribution in [0, 0.1) is 11.6 Å². The molecule has 2 aromatic carbocycles. The summed E-state index contributed by atoms with van der Waals surface area (Å²) in [4.78, 5) is 0. The van der Waals surface area contributed by atoms with Gasteiger partial charge in [0.25, 0.3) is 0 Å². The fraction of sp³-hybridized carbons (Fsp3) is 0.250. The zero-order valence-electron chi connectivity index (χ0n) is 10.7. The molecular weight excluding hydrogens is 266 g/mol. The Hall–Kier alpha value is -1.41. The van der Waals surface area contributed by atoms with E-state index in [1.165, 1.54) is 17.7 Å². The summed E-state index contributed by atoms with van der Waals surface area (Å²) >= 11 is 6.26. The van der Waals surface area contributed by atoms with Gasteiger partial charge < -0.3 is 0 Å². The lowest BCUT2D eigenvalue weighted by molar-refractivity contribution is 0.573. The molecule has 0 fully saturated rings. The summed E-state index contributed by atoms with van der Waals surface area (Å²) in [7, 11) is 0. The maximum absolute atomic E-state index is 13.7. The predicted molar refractivity (Wildman–Crippen MR) is 74.5 cm³/mol. The van der Waals surface area contributed by atoms with Gasteiger partial charge in [-0.15, -0.1) is 11.6 Å². The number of benzene rings is 2. The summed E-state index contributed by atoms with van der Waals surface area (Å²) in [5.41, 5.74) is 2.34. The van der Waals surface area contributed by atoms with Crippen molar-refractivity contribution in [2.24, 2.45) is 0 Å². The molecule has 0 aliphatic heterocycles. The van der Waals surface area contributed by atoms with E-state index in [2.05, 4.69) is 6.92 Å². The first-order valence-corrected chi connectivity index (χ1v) is 6.73. The average Bonchev–Trinajstić information content (AvgIpc) is 2.39. The van der Waals surface area contributed by atoms with Gasteiger partial charge in [0, 0.05) is 11.6 Å². The van der Waals surface area contributed by atoms with Crippen LogP contribution in [0.25, 0.3) is 0 Å². The molecule has 1 atom stereocenters. The maximum Gasteiger partial charge on any atom is 0.131 e. The Morgan fingerprint density at radius 2 is 1.74 bits per heavy atom. The minimum Gasteiger partial charge on any atom is -0.207 e. The van der Waals surface area contributed by atoms with E-state index in [0.29, 0.717) is 5.56 Å². The SMILES string of the molecule is CCCc1ccc(C(Cl)c2ccc(F)cc2F)cc1. The van der Waals surface area contributed by atoms with E-state index >= 15 is 0 Å². The van der Waals surface area contributed by atoms with Crippen molar-refractivity contribution in [1.82, 2.24) is 0 Å². The van der Waals surface area contributed by atoms with Gasteiger partial charge in [0.2, 0.25) is 0 Å². The predicted octanol–water partition coefficient (Wildman–Crippen LogP) is 5.25. The molecule has 0 saturated heterocycles. The van der Waals surface area contributed by atoms with Gasteiger partial charge in [0.1, 0.15) is 11.6 Å². The summed E-state index contributed by atoms with van der Waals surface area (Å²) < 4.78 is 26.5. The van der Waals surface area contributed by atoms with Crippen molar-refractivity contribution >= 4 is 11.6 Å². The Morgan fingerprint density at radius 3 is 2.32 bits per heavy atom. The minimum atomic E-state index is -0.613. The maximum atomic E-state index is 13.7. The number of halogens is 3. The van der Waals surface area contributed by atoms with Gasteiger partial charge in [0.15, 0.2) is 0 Å². The van der Waals surface area contributed by atoms with Crippen molar-refractivity contribution in [2.45, 2.75) is 25.1 Å². The first-order chi connectivity index (χ1) is 9.11. The molecule has 100 valence electrons. The van der Waals surface area contributed by atoms with Crippen LogP contribution in [-0.4, -0.2) is 0 Å². The Morgan fingerprint density at radius 1 is 1.05 bits per heavy atom. The molecule has 0 aliphatic carbocycles. The standard InChI is InChI=1S/C16H15ClF2/c1-2-3-11-4-6-12(7-5-11)16(17)14-9-8-13(18)10-15(14)19/h4-10,16H,2-3H2,1H3. The van der Waals surface area contributed by atoms with Crippen molar-refractivity contribution in [3.05, 3.63) is 70.8 Å². The molecule has 0 spiro atoms. The van der Waals surface area contributed by atoms with Gasteiger partial charge in [-0.2, -0.15) is 0 Å². The van der Waals surface area contributed by atoms with Crippen molar-refractivity contribution in [1.29, 1.82) is 0 Å². The zero-order chi connectivity index (χ0) is 13.8. The van der Waals surface area contributed by atoms with Crippen molar-refractivity contribution in [3.63, 3.8) is 0 Å². The minimum absolute atomic E-state index is 0.298. The van der Waals surface area contributed by atoms with Crippen LogP contribution in [0.2, 0.25) is 0 Å². The molecular formula is C16H15ClF2. The van der Waals surface area contributed by atoms with Crippen molar-refractivity contribution in [2.75, 3.05) is 0 Å². The van der Waals surface area contributed by atoms with Gasteiger partial charge in [-0.25, -0.2) is 8.78 Å². The Kier molecular flexibility index (Phi) is 4.54. The Labute approximate surface area is 117 Å². The summed E-state index contributed by atoms with van der Waals surface area (Å²) in [5.74, 6) is -1.21. The van der Waals surface area contributed by atoms with Gasteiger partial charge >= 0.3 is 0 Å². The largest absolute Gasteiger partial charge is 0.207 e. The summed E-state index contributed by atoms with van der Waals surface area (Å²) in [6, 6.07) is 11.2. The van der Waals surface area contributed by atoms with Crippen LogP contribution < -0.4 is 0 Å². The van der Waals surface area contributed by atoms with Crippen LogP contribution in [0.4, 0.5) is 8.78 Å². The van der Waals surface area contributed by atoms with E-state index in [1.54, 1.807) is 0 Å². The quantitative estimate of drug-likeness (QED) is 0.671. The number of hydrogen-bond donors (Lipinski definition) is 0. The normalized spacial score (nSPS) is 12.4. The molecule has 19 heavy (non-hydrogen) atoms. The third-order valence-electron chi connectivity index (χ3n) is 3.05. The van der Waals surface area contributed by atoms with Crippen LogP contribution in [0.15, 0.2) is 42.5 Å². The van der Waals surface area contributed by atoms with Crippen LogP contribution in [-0.2, 0) is 6.42 Å². The van der Waals surface area contributed by atoms with E-state index in [-0.39, 0.29) is 0 Å². The first-order valence-electron chi connectivity index (χ1n) is 6.29. The second-order valence-corrected chi connectivity index (χ2v) is 4.96. The highest BCUT2D eigenvalue weighted by atomic mass is 35.5. The lowest BCUT2D eigenvalue weighted by atomic mass is 10.0. The third-order valence-corrected chi connectivity index (χ3v) is 3.53. The van der Waals surface area contributed by atoms with E-state index in [1.807, 2.05) is 24.3 Å². The average molecular weight is 281 g/mol. The van der Waals surface area contributed by atoms with Crippen LogP contribution in [0.3, 0.4) is 0 Å². The third kappa shape index (κ3) is 3.32. The Balaban J connectivity index is 2.25. The topological polar surface area (TPSA) is 0 Å². The number of rotatable bonds is 4. The number of hydrogen-bond acceptors (Lipinski definition) is 0. The molecule has 0 N–H and O–H groups in total. The van der Waals surface area contributed by atoms with Crippen molar-refractivity contribution < 1.29 is 8.78 Å². The van der Waals surface area contributed by atoms with E-state index in [4.69, 9.17) is 11.6 Å². The van der Waals surface area contributed by atoms with Gasteiger partial charge in [-0.1, -0.05) is 43.7 Å². The molecule has 0 radical (unpaired) electrons. The van der Waals surface area contributed by atoms with Crippen molar-refractivity contribution in [3.8, 4) is 0 Å². The second kappa shape index (κ2) is 6.16. The Bertz CT molecular complexity index is 549. The van der Waals surface area contributed by atoms with Gasteiger partial charge in [-0.05, 0) is 23.6 Å². The summed E-state index contributed by atoms with van der Waals surface area (Å²) in [5, 5.41) is -0.601. The fourth-order valence-corrected chi connectivity index (χ4v) is 2.35. The van der Waals surface area contributed by atoms with Crippen LogP contribution in [0.1, 0.15) is 35.4 Å². The molecule has 0 aromatic heterocycles. The molecule has 0 bridgehead atoms. The second-order valence-electron chi connectivity index (χ2n) is 4.52. The highest BCUT2D eigenvalue weighted by Gasteiger charge is 2.15. The first kappa shape index (κ1) is 14.0. The van der Waals surface area contributed by atoms with E-state index in [0.717, 1.165) is 24.5 Å². The summed E-state index contributed by atoms with van der Waals surface area (Å²) in [6.45, 7) is 2.12. The molecule has 0 heterocycles. The monoisotopic (exact) mass is 280 g/mol. The highest BCUT2D eigenvalue weighted by Crippen LogP contribution is 2.31. The smallest absolute Gasteiger partial charge is 0.131 e. The number of aryl methyl sites for hydroxylation is 1. The molecule has 0 saturated carbocycles. The van der Waals surface area contributed by atoms with Crippen LogP contribution in [0.5, 0.6) is 0 Å². The van der Waals surface area contributed by atoms with Gasteiger partial charge in [0.05, 0.1) is 5.38 Å².